The van der Waals surface area contributed by atoms with Crippen molar-refractivity contribution in [3.63, 3.8) is 0 Å². The Bertz CT molecular complexity index is 821. The van der Waals surface area contributed by atoms with Gasteiger partial charge in [-0.15, -0.1) is 0 Å². The van der Waals surface area contributed by atoms with Crippen LogP contribution in [0.15, 0.2) is 24.3 Å². The predicted molar refractivity (Wildman–Crippen MR) is 146 cm³/mol. The summed E-state index contributed by atoms with van der Waals surface area (Å²) in [4.78, 5) is 0. The molecular formula is C33H52O2. The number of benzene rings is 1. The van der Waals surface area contributed by atoms with E-state index in [1.165, 1.54) is 76.2 Å². The lowest BCUT2D eigenvalue weighted by atomic mass is 9.69. The summed E-state index contributed by atoms with van der Waals surface area (Å²) in [6.45, 7) is 15.1. The molecule has 0 heterocycles. The summed E-state index contributed by atoms with van der Waals surface area (Å²) in [5.41, 5.74) is 2.27. The molecule has 5 aliphatic rings. The van der Waals surface area contributed by atoms with Crippen molar-refractivity contribution in [1.29, 1.82) is 0 Å². The Balaban J connectivity index is 1.29. The fraction of sp³-hybridized carbons (Fsp3) is 0.818. The van der Waals surface area contributed by atoms with Crippen LogP contribution in [0, 0.1) is 39.9 Å². The number of ether oxygens (including phenoxy) is 2. The molecule has 196 valence electrons. The molecule has 5 fully saturated rings. The van der Waals surface area contributed by atoms with E-state index in [2.05, 4.69) is 65.8 Å². The largest absolute Gasteiger partial charge is 0.464 e. The van der Waals surface area contributed by atoms with Gasteiger partial charge in [0.25, 0.3) is 0 Å². The summed E-state index contributed by atoms with van der Waals surface area (Å²) in [7, 11) is 0. The quantitative estimate of drug-likeness (QED) is 0.328. The molecule has 4 unspecified atom stereocenters. The molecule has 35 heavy (non-hydrogen) atoms. The average molecular weight is 481 g/mol. The van der Waals surface area contributed by atoms with Gasteiger partial charge in [0.05, 0.1) is 6.61 Å². The van der Waals surface area contributed by atoms with Gasteiger partial charge in [-0.2, -0.15) is 0 Å². The lowest BCUT2D eigenvalue weighted by Gasteiger charge is -2.38. The maximum Gasteiger partial charge on any atom is 0.205 e. The van der Waals surface area contributed by atoms with Gasteiger partial charge in [0.2, 0.25) is 6.29 Å². The standard InChI is InChI=1S/C33H52O2/c1-31(2,3)22-29(32(4,5)6)24-12-14-28(15-13-24)35-30(34-17-16-23-10-8-7-9-11-23)33-20-25-18-27(33)19-26(25)21-33/h12-15,23,25-27,29-30H,7-11,16-22H2,1-6H3. The molecule has 4 atom stereocenters. The molecule has 5 saturated carbocycles. The van der Waals surface area contributed by atoms with E-state index in [1.54, 1.807) is 0 Å². The molecule has 0 N–H and O–H groups in total. The number of hydrogen-bond donors (Lipinski definition) is 0. The minimum Gasteiger partial charge on any atom is -0.464 e. The number of hydrogen-bond acceptors (Lipinski definition) is 2. The van der Waals surface area contributed by atoms with Gasteiger partial charge in [0.1, 0.15) is 5.75 Å². The van der Waals surface area contributed by atoms with Crippen LogP contribution in [0.25, 0.3) is 0 Å². The lowest BCUT2D eigenvalue weighted by molar-refractivity contribution is -0.165. The fourth-order valence-electron chi connectivity index (χ4n) is 8.53. The van der Waals surface area contributed by atoms with Crippen LogP contribution in [0.4, 0.5) is 0 Å². The van der Waals surface area contributed by atoms with E-state index in [1.807, 2.05) is 0 Å². The maximum absolute atomic E-state index is 6.80. The second-order valence-corrected chi connectivity index (χ2v) is 15.2. The molecule has 2 heteroatoms. The van der Waals surface area contributed by atoms with Gasteiger partial charge in [-0.1, -0.05) is 85.8 Å². The van der Waals surface area contributed by atoms with Crippen molar-refractivity contribution in [3.05, 3.63) is 29.8 Å². The highest BCUT2D eigenvalue weighted by atomic mass is 16.7. The third kappa shape index (κ3) is 5.48. The first-order valence-electron chi connectivity index (χ1n) is 14.9. The van der Waals surface area contributed by atoms with Crippen molar-refractivity contribution in [2.75, 3.05) is 6.61 Å². The molecular weight excluding hydrogens is 428 g/mol. The molecule has 0 saturated heterocycles. The van der Waals surface area contributed by atoms with Gasteiger partial charge < -0.3 is 9.47 Å². The monoisotopic (exact) mass is 480 g/mol. The maximum atomic E-state index is 6.80. The average Bonchev–Trinajstić information content (AvgIpc) is 3.53. The molecule has 2 nitrogen and oxygen atoms in total. The summed E-state index contributed by atoms with van der Waals surface area (Å²) in [6.07, 6.45) is 14.9. The first-order valence-corrected chi connectivity index (χ1v) is 14.9. The summed E-state index contributed by atoms with van der Waals surface area (Å²) in [5, 5.41) is 0. The van der Waals surface area contributed by atoms with Crippen molar-refractivity contribution >= 4 is 0 Å². The predicted octanol–water partition coefficient (Wildman–Crippen LogP) is 9.38. The molecule has 1 aromatic carbocycles. The fourth-order valence-corrected chi connectivity index (χ4v) is 8.53. The van der Waals surface area contributed by atoms with Crippen LogP contribution in [-0.4, -0.2) is 12.9 Å². The Morgan fingerprint density at radius 2 is 1.51 bits per heavy atom. The van der Waals surface area contributed by atoms with Crippen LogP contribution in [0.5, 0.6) is 5.75 Å². The zero-order valence-corrected chi connectivity index (χ0v) is 23.6. The molecule has 1 aromatic rings. The first-order chi connectivity index (χ1) is 16.5. The second-order valence-electron chi connectivity index (χ2n) is 15.2. The van der Waals surface area contributed by atoms with Crippen LogP contribution >= 0.6 is 0 Å². The minimum absolute atomic E-state index is 0.0626. The van der Waals surface area contributed by atoms with E-state index >= 15 is 0 Å². The van der Waals surface area contributed by atoms with E-state index < -0.39 is 0 Å². The van der Waals surface area contributed by atoms with E-state index in [4.69, 9.17) is 9.47 Å². The highest BCUT2D eigenvalue weighted by Crippen LogP contribution is 2.71. The van der Waals surface area contributed by atoms with E-state index in [0.29, 0.717) is 11.3 Å². The second kappa shape index (κ2) is 9.70. The van der Waals surface area contributed by atoms with Gasteiger partial charge in [0.15, 0.2) is 0 Å². The molecule has 5 aliphatic carbocycles. The van der Waals surface area contributed by atoms with Crippen molar-refractivity contribution in [3.8, 4) is 5.75 Å². The van der Waals surface area contributed by atoms with Gasteiger partial charge in [-0.25, -0.2) is 0 Å². The third-order valence-electron chi connectivity index (χ3n) is 10.3. The van der Waals surface area contributed by atoms with Crippen molar-refractivity contribution in [1.82, 2.24) is 0 Å². The normalized spacial score (nSPS) is 32.3. The van der Waals surface area contributed by atoms with Crippen LogP contribution < -0.4 is 4.74 Å². The minimum atomic E-state index is -0.0626. The smallest absolute Gasteiger partial charge is 0.205 e. The van der Waals surface area contributed by atoms with Gasteiger partial charge in [-0.05, 0) is 96.6 Å². The van der Waals surface area contributed by atoms with E-state index in [0.717, 1.165) is 36.0 Å². The van der Waals surface area contributed by atoms with Gasteiger partial charge >= 0.3 is 0 Å². The van der Waals surface area contributed by atoms with Crippen LogP contribution in [0.2, 0.25) is 0 Å². The SMILES string of the molecule is CC(C)(C)CC(c1ccc(OC(OCCC2CCCCC2)C23CC4CC2CC4C3)cc1)C(C)(C)C. The molecule has 4 bridgehead atoms. The summed E-state index contributed by atoms with van der Waals surface area (Å²) in [6, 6.07) is 9.13. The molecule has 0 radical (unpaired) electrons. The van der Waals surface area contributed by atoms with E-state index in [-0.39, 0.29) is 17.1 Å². The Kier molecular flexibility index (Phi) is 7.10. The zero-order chi connectivity index (χ0) is 24.8. The highest BCUT2D eigenvalue weighted by Gasteiger charge is 2.67. The summed E-state index contributed by atoms with van der Waals surface area (Å²) >= 11 is 0. The molecule has 0 amide bonds. The van der Waals surface area contributed by atoms with Crippen molar-refractivity contribution < 1.29 is 9.47 Å². The van der Waals surface area contributed by atoms with Crippen LogP contribution in [0.1, 0.15) is 124 Å². The Labute approximate surface area is 215 Å². The molecule has 6 rings (SSSR count). The molecule has 0 spiro atoms. The third-order valence-corrected chi connectivity index (χ3v) is 10.3. The van der Waals surface area contributed by atoms with Gasteiger partial charge in [0, 0.05) is 5.41 Å². The van der Waals surface area contributed by atoms with Crippen LogP contribution in [-0.2, 0) is 4.74 Å². The van der Waals surface area contributed by atoms with Crippen molar-refractivity contribution in [2.45, 2.75) is 124 Å². The molecule has 0 aromatic heterocycles. The van der Waals surface area contributed by atoms with Gasteiger partial charge in [-0.3, -0.25) is 0 Å². The summed E-state index contributed by atoms with van der Waals surface area (Å²) < 4.78 is 13.5. The van der Waals surface area contributed by atoms with Crippen LogP contribution in [0.3, 0.4) is 0 Å². The Morgan fingerprint density at radius 3 is 2.03 bits per heavy atom. The summed E-state index contributed by atoms with van der Waals surface area (Å²) in [5.74, 6) is 5.12. The highest BCUT2D eigenvalue weighted by molar-refractivity contribution is 5.31. The first kappa shape index (κ1) is 25.6. The number of rotatable bonds is 9. The zero-order valence-electron chi connectivity index (χ0n) is 23.6. The van der Waals surface area contributed by atoms with E-state index in [9.17, 15) is 0 Å². The lowest BCUT2D eigenvalue weighted by Crippen LogP contribution is -2.41. The topological polar surface area (TPSA) is 18.5 Å². The van der Waals surface area contributed by atoms with Crippen molar-refractivity contribution in [2.24, 2.45) is 39.9 Å². The molecule has 0 aliphatic heterocycles. The Morgan fingerprint density at radius 1 is 0.886 bits per heavy atom. The Hall–Kier alpha value is -1.02.